The van der Waals surface area contributed by atoms with Crippen molar-refractivity contribution < 1.29 is 9.53 Å². The lowest BCUT2D eigenvalue weighted by atomic mass is 10.2. The largest absolute Gasteiger partial charge is 0.383 e. The molecule has 3 unspecified atom stereocenters. The van der Waals surface area contributed by atoms with Gasteiger partial charge >= 0.3 is 0 Å². The summed E-state index contributed by atoms with van der Waals surface area (Å²) < 4.78 is 4.89. The first-order valence-corrected chi connectivity index (χ1v) is 6.17. The van der Waals surface area contributed by atoms with Gasteiger partial charge in [-0.25, -0.2) is 0 Å². The van der Waals surface area contributed by atoms with Crippen molar-refractivity contribution in [2.24, 2.45) is 5.73 Å². The maximum atomic E-state index is 11.9. The van der Waals surface area contributed by atoms with Crippen molar-refractivity contribution in [2.45, 2.75) is 30.4 Å². The second-order valence-electron chi connectivity index (χ2n) is 4.06. The number of ether oxygens (including phenoxy) is 1. The first kappa shape index (κ1) is 12.8. The van der Waals surface area contributed by atoms with E-state index in [4.69, 9.17) is 10.5 Å². The summed E-state index contributed by atoms with van der Waals surface area (Å²) in [5.74, 6) is 0.0100. The van der Waals surface area contributed by atoms with Crippen LogP contribution in [0.2, 0.25) is 0 Å². The van der Waals surface area contributed by atoms with Gasteiger partial charge < -0.3 is 15.4 Å². The lowest BCUT2D eigenvalue weighted by Gasteiger charge is -2.35. The number of carbonyl (C=O) groups is 1. The molecule has 15 heavy (non-hydrogen) atoms. The van der Waals surface area contributed by atoms with Crippen LogP contribution in [-0.4, -0.2) is 54.2 Å². The first-order valence-electron chi connectivity index (χ1n) is 5.23. The maximum absolute atomic E-state index is 11.9. The average molecular weight is 232 g/mol. The molecule has 0 aromatic rings. The highest BCUT2D eigenvalue weighted by molar-refractivity contribution is 8.00. The zero-order valence-corrected chi connectivity index (χ0v) is 10.4. The van der Waals surface area contributed by atoms with E-state index in [1.54, 1.807) is 7.11 Å². The minimum Gasteiger partial charge on any atom is -0.383 e. The van der Waals surface area contributed by atoms with Gasteiger partial charge in [-0.1, -0.05) is 13.8 Å². The number of amides is 1. The van der Waals surface area contributed by atoms with E-state index in [1.807, 2.05) is 16.7 Å². The number of hydrogen-bond acceptors (Lipinski definition) is 4. The Morgan fingerprint density at radius 3 is 2.53 bits per heavy atom. The standard InChI is InChI=1S/C10H20N2O2S/c1-7-4-12(5-8(2)15-7)10(13)9(11)6-14-3/h7-9H,4-6,11H2,1-3H3. The monoisotopic (exact) mass is 232 g/mol. The molecule has 4 nitrogen and oxygen atoms in total. The summed E-state index contributed by atoms with van der Waals surface area (Å²) in [6.07, 6.45) is 0. The normalized spacial score (nSPS) is 28.9. The van der Waals surface area contributed by atoms with Crippen molar-refractivity contribution in [2.75, 3.05) is 26.8 Å². The zero-order chi connectivity index (χ0) is 11.4. The number of rotatable bonds is 3. The molecule has 0 saturated carbocycles. The third kappa shape index (κ3) is 3.66. The lowest BCUT2D eigenvalue weighted by Crippen LogP contribution is -2.51. The van der Waals surface area contributed by atoms with E-state index in [-0.39, 0.29) is 5.91 Å². The third-order valence-corrected chi connectivity index (χ3v) is 3.62. The molecule has 1 amide bonds. The van der Waals surface area contributed by atoms with Crippen LogP contribution >= 0.6 is 11.8 Å². The minimum absolute atomic E-state index is 0.0100. The van der Waals surface area contributed by atoms with Crippen LogP contribution in [0.25, 0.3) is 0 Å². The summed E-state index contributed by atoms with van der Waals surface area (Å²) >= 11 is 1.92. The van der Waals surface area contributed by atoms with Crippen LogP contribution in [0, 0.1) is 0 Å². The summed E-state index contributed by atoms with van der Waals surface area (Å²) in [6.45, 7) is 6.17. The second kappa shape index (κ2) is 5.72. The van der Waals surface area contributed by atoms with Crippen LogP contribution < -0.4 is 5.73 Å². The van der Waals surface area contributed by atoms with Gasteiger partial charge in [0.1, 0.15) is 6.04 Å². The molecule has 1 saturated heterocycles. The second-order valence-corrected chi connectivity index (χ2v) is 5.94. The molecule has 0 spiro atoms. The Morgan fingerprint density at radius 2 is 2.07 bits per heavy atom. The molecule has 2 N–H and O–H groups in total. The number of nitrogens with two attached hydrogens (primary N) is 1. The molecule has 0 radical (unpaired) electrons. The van der Waals surface area contributed by atoms with Crippen molar-refractivity contribution >= 4 is 17.7 Å². The molecule has 1 fully saturated rings. The van der Waals surface area contributed by atoms with Crippen LogP contribution in [0.5, 0.6) is 0 Å². The quantitative estimate of drug-likeness (QED) is 0.761. The Kier molecular flexibility index (Phi) is 4.89. The number of hydrogen-bond donors (Lipinski definition) is 1. The molecule has 88 valence electrons. The third-order valence-electron chi connectivity index (χ3n) is 2.39. The van der Waals surface area contributed by atoms with Crippen molar-refractivity contribution in [1.29, 1.82) is 0 Å². The van der Waals surface area contributed by atoms with E-state index in [2.05, 4.69) is 13.8 Å². The predicted molar refractivity (Wildman–Crippen MR) is 62.9 cm³/mol. The SMILES string of the molecule is COCC(N)C(=O)N1CC(C)SC(C)C1. The van der Waals surface area contributed by atoms with Crippen molar-refractivity contribution in [3.05, 3.63) is 0 Å². The molecule has 0 aromatic carbocycles. The van der Waals surface area contributed by atoms with Gasteiger partial charge in [-0.15, -0.1) is 0 Å². The summed E-state index contributed by atoms with van der Waals surface area (Å²) in [6, 6.07) is -0.516. The number of nitrogens with zero attached hydrogens (tertiary/aromatic N) is 1. The van der Waals surface area contributed by atoms with Crippen LogP contribution in [0.3, 0.4) is 0 Å². The van der Waals surface area contributed by atoms with Crippen LogP contribution in [0.4, 0.5) is 0 Å². The molecule has 0 bridgehead atoms. The molecule has 1 aliphatic rings. The Morgan fingerprint density at radius 1 is 1.53 bits per heavy atom. The van der Waals surface area contributed by atoms with Gasteiger partial charge in [-0.3, -0.25) is 4.79 Å². The van der Waals surface area contributed by atoms with Crippen LogP contribution in [-0.2, 0) is 9.53 Å². The summed E-state index contributed by atoms with van der Waals surface area (Å²) in [5, 5.41) is 0.986. The first-order chi connectivity index (χ1) is 7.04. The molecule has 1 aliphatic heterocycles. The molecule has 1 rings (SSSR count). The predicted octanol–water partition coefficient (Wildman–Crippen LogP) is 0.313. The number of carbonyl (C=O) groups excluding carboxylic acids is 1. The van der Waals surface area contributed by atoms with Gasteiger partial charge in [0.2, 0.25) is 5.91 Å². The fraction of sp³-hybridized carbons (Fsp3) is 0.900. The molecule has 5 heteroatoms. The molecule has 0 aromatic heterocycles. The Bertz CT molecular complexity index is 215. The van der Waals surface area contributed by atoms with Crippen molar-refractivity contribution in [1.82, 2.24) is 4.90 Å². The van der Waals surface area contributed by atoms with E-state index in [1.165, 1.54) is 0 Å². The summed E-state index contributed by atoms with van der Waals surface area (Å²) in [4.78, 5) is 13.7. The van der Waals surface area contributed by atoms with Crippen LogP contribution in [0.1, 0.15) is 13.8 Å². The van der Waals surface area contributed by atoms with E-state index in [9.17, 15) is 4.79 Å². The Labute approximate surface area is 95.5 Å². The van der Waals surface area contributed by atoms with Gasteiger partial charge in [0, 0.05) is 30.7 Å². The molecular weight excluding hydrogens is 212 g/mol. The highest BCUT2D eigenvalue weighted by Gasteiger charge is 2.28. The van der Waals surface area contributed by atoms with Crippen molar-refractivity contribution in [3.8, 4) is 0 Å². The molecule has 0 aliphatic carbocycles. The minimum atomic E-state index is -0.516. The lowest BCUT2D eigenvalue weighted by molar-refractivity contribution is -0.133. The molecule has 3 atom stereocenters. The van der Waals surface area contributed by atoms with E-state index >= 15 is 0 Å². The Hall–Kier alpha value is -0.260. The van der Waals surface area contributed by atoms with Gasteiger partial charge in [0.05, 0.1) is 6.61 Å². The Balaban J connectivity index is 2.51. The fourth-order valence-electron chi connectivity index (χ4n) is 1.84. The van der Waals surface area contributed by atoms with Gasteiger partial charge in [-0.05, 0) is 0 Å². The number of methoxy groups -OCH3 is 1. The van der Waals surface area contributed by atoms with Crippen molar-refractivity contribution in [3.63, 3.8) is 0 Å². The van der Waals surface area contributed by atoms with Gasteiger partial charge in [-0.2, -0.15) is 11.8 Å². The fourth-order valence-corrected chi connectivity index (χ4v) is 3.17. The zero-order valence-electron chi connectivity index (χ0n) is 9.60. The average Bonchev–Trinajstić information content (AvgIpc) is 2.15. The van der Waals surface area contributed by atoms with E-state index in [0.717, 1.165) is 13.1 Å². The molecular formula is C10H20N2O2S. The number of thioether (sulfide) groups is 1. The maximum Gasteiger partial charge on any atom is 0.241 e. The van der Waals surface area contributed by atoms with Gasteiger partial charge in [0.15, 0.2) is 0 Å². The van der Waals surface area contributed by atoms with E-state index < -0.39 is 6.04 Å². The topological polar surface area (TPSA) is 55.6 Å². The summed E-state index contributed by atoms with van der Waals surface area (Å²) in [7, 11) is 1.56. The highest BCUT2D eigenvalue weighted by atomic mass is 32.2. The van der Waals surface area contributed by atoms with Gasteiger partial charge in [0.25, 0.3) is 0 Å². The van der Waals surface area contributed by atoms with E-state index in [0.29, 0.717) is 17.1 Å². The molecule has 1 heterocycles. The highest BCUT2D eigenvalue weighted by Crippen LogP contribution is 2.24. The smallest absolute Gasteiger partial charge is 0.241 e. The van der Waals surface area contributed by atoms with Crippen LogP contribution in [0.15, 0.2) is 0 Å². The summed E-state index contributed by atoms with van der Waals surface area (Å²) in [5.41, 5.74) is 5.73.